The van der Waals surface area contributed by atoms with Crippen LogP contribution in [0, 0.1) is 17.3 Å². The predicted molar refractivity (Wildman–Crippen MR) is 83.4 cm³/mol. The summed E-state index contributed by atoms with van der Waals surface area (Å²) in [5, 5.41) is 3.81. The summed E-state index contributed by atoms with van der Waals surface area (Å²) in [4.78, 5) is 2.81. The summed E-state index contributed by atoms with van der Waals surface area (Å²) in [6.07, 6.45) is 5.58. The lowest BCUT2D eigenvalue weighted by atomic mass is 9.90. The molecule has 1 saturated carbocycles. The minimum atomic E-state index is 0.465. The van der Waals surface area contributed by atoms with Crippen molar-refractivity contribution in [2.45, 2.75) is 72.4 Å². The van der Waals surface area contributed by atoms with Crippen LogP contribution in [0.2, 0.25) is 0 Å². The largest absolute Gasteiger partial charge is 0.311 e. The lowest BCUT2D eigenvalue weighted by molar-refractivity contribution is 0.0946. The van der Waals surface area contributed by atoms with Crippen LogP contribution in [0.3, 0.4) is 0 Å². The molecule has 2 rings (SSSR count). The fourth-order valence-electron chi connectivity index (χ4n) is 3.31. The lowest BCUT2D eigenvalue weighted by Gasteiger charge is -2.42. The summed E-state index contributed by atoms with van der Waals surface area (Å²) in [6, 6.07) is 1.54. The second kappa shape index (κ2) is 6.13. The van der Waals surface area contributed by atoms with E-state index in [-0.39, 0.29) is 0 Å². The van der Waals surface area contributed by atoms with Crippen LogP contribution in [-0.4, -0.2) is 36.6 Å². The van der Waals surface area contributed by atoms with Gasteiger partial charge in [0, 0.05) is 25.2 Å². The molecule has 0 aromatic heterocycles. The Balaban J connectivity index is 1.88. The van der Waals surface area contributed by atoms with Crippen molar-refractivity contribution in [3.8, 4) is 0 Å². The van der Waals surface area contributed by atoms with Crippen molar-refractivity contribution in [1.29, 1.82) is 0 Å². The van der Waals surface area contributed by atoms with Gasteiger partial charge >= 0.3 is 0 Å². The maximum absolute atomic E-state index is 3.81. The minimum absolute atomic E-state index is 0.465. The van der Waals surface area contributed by atoms with Crippen LogP contribution in [0.4, 0.5) is 0 Å². The van der Waals surface area contributed by atoms with Gasteiger partial charge in [-0.1, -0.05) is 34.6 Å². The molecule has 1 N–H and O–H groups in total. The van der Waals surface area contributed by atoms with E-state index < -0.39 is 0 Å². The number of hydrogen-bond donors (Lipinski definition) is 1. The maximum Gasteiger partial charge on any atom is 0.0249 e. The van der Waals surface area contributed by atoms with E-state index in [9.17, 15) is 0 Å². The molecule has 2 atom stereocenters. The van der Waals surface area contributed by atoms with Gasteiger partial charge in [0.05, 0.1) is 0 Å². The molecule has 112 valence electrons. The Morgan fingerprint density at radius 1 is 1.21 bits per heavy atom. The number of hydrogen-bond acceptors (Lipinski definition) is 2. The summed E-state index contributed by atoms with van der Waals surface area (Å²) in [6.45, 7) is 15.6. The normalized spacial score (nSPS) is 30.0. The molecule has 0 radical (unpaired) electrons. The third kappa shape index (κ3) is 5.07. The number of nitrogens with one attached hydrogen (secondary N) is 1. The van der Waals surface area contributed by atoms with Crippen molar-refractivity contribution >= 4 is 0 Å². The highest BCUT2D eigenvalue weighted by Crippen LogP contribution is 2.37. The quantitative estimate of drug-likeness (QED) is 0.819. The minimum Gasteiger partial charge on any atom is -0.311 e. The number of rotatable bonds is 5. The van der Waals surface area contributed by atoms with Gasteiger partial charge in [0.1, 0.15) is 0 Å². The molecule has 1 heterocycles. The van der Waals surface area contributed by atoms with Crippen LogP contribution in [-0.2, 0) is 0 Å². The highest BCUT2D eigenvalue weighted by atomic mass is 15.2. The van der Waals surface area contributed by atoms with Crippen molar-refractivity contribution in [2.24, 2.45) is 17.3 Å². The SMILES string of the molecule is CC(C)CC1CN(CCC(C)(C)C)C(C2CC2)CN1. The van der Waals surface area contributed by atoms with E-state index in [0.717, 1.165) is 23.9 Å². The average Bonchev–Trinajstić information content (AvgIpc) is 3.08. The molecule has 1 aliphatic carbocycles. The Hall–Kier alpha value is -0.0800. The molecule has 2 unspecified atom stereocenters. The van der Waals surface area contributed by atoms with Crippen LogP contribution in [0.5, 0.6) is 0 Å². The third-order valence-corrected chi connectivity index (χ3v) is 4.61. The van der Waals surface area contributed by atoms with Gasteiger partial charge in [0.2, 0.25) is 0 Å². The zero-order valence-corrected chi connectivity index (χ0v) is 13.7. The molecule has 2 fully saturated rings. The molecular formula is C17H34N2. The first-order valence-electron chi connectivity index (χ1n) is 8.32. The van der Waals surface area contributed by atoms with E-state index in [1.807, 2.05) is 0 Å². The summed E-state index contributed by atoms with van der Waals surface area (Å²) in [5.74, 6) is 1.80. The van der Waals surface area contributed by atoms with E-state index in [1.165, 1.54) is 45.3 Å². The monoisotopic (exact) mass is 266 g/mol. The van der Waals surface area contributed by atoms with Crippen molar-refractivity contribution < 1.29 is 0 Å². The molecule has 0 bridgehead atoms. The summed E-state index contributed by atoms with van der Waals surface area (Å²) < 4.78 is 0. The van der Waals surface area contributed by atoms with Crippen molar-refractivity contribution in [1.82, 2.24) is 10.2 Å². The number of piperazine rings is 1. The van der Waals surface area contributed by atoms with Crippen LogP contribution >= 0.6 is 0 Å². The summed E-state index contributed by atoms with van der Waals surface area (Å²) >= 11 is 0. The van der Waals surface area contributed by atoms with Crippen molar-refractivity contribution in [2.75, 3.05) is 19.6 Å². The molecule has 0 aromatic rings. The molecule has 2 heteroatoms. The highest BCUT2D eigenvalue weighted by molar-refractivity contribution is 4.95. The van der Waals surface area contributed by atoms with Gasteiger partial charge < -0.3 is 5.32 Å². The van der Waals surface area contributed by atoms with Crippen LogP contribution in [0.25, 0.3) is 0 Å². The maximum atomic E-state index is 3.81. The smallest absolute Gasteiger partial charge is 0.0249 e. The standard InChI is InChI=1S/C17H34N2/c1-13(2)10-15-12-19(9-8-17(3,4)5)16(11-18-15)14-6-7-14/h13-16,18H,6-12H2,1-5H3. The summed E-state index contributed by atoms with van der Waals surface area (Å²) in [7, 11) is 0. The molecular weight excluding hydrogens is 232 g/mol. The molecule has 0 aromatic carbocycles. The molecule has 0 spiro atoms. The van der Waals surface area contributed by atoms with E-state index in [1.54, 1.807) is 0 Å². The highest BCUT2D eigenvalue weighted by Gasteiger charge is 2.38. The fraction of sp³-hybridized carbons (Fsp3) is 1.00. The second-order valence-electron chi connectivity index (χ2n) is 8.45. The molecule has 1 saturated heterocycles. The zero-order valence-electron chi connectivity index (χ0n) is 13.7. The summed E-state index contributed by atoms with van der Waals surface area (Å²) in [5.41, 5.74) is 0.465. The van der Waals surface area contributed by atoms with Crippen molar-refractivity contribution in [3.63, 3.8) is 0 Å². The van der Waals surface area contributed by atoms with E-state index in [4.69, 9.17) is 0 Å². The molecule has 19 heavy (non-hydrogen) atoms. The number of nitrogens with zero attached hydrogens (tertiary/aromatic N) is 1. The van der Waals surface area contributed by atoms with Crippen LogP contribution in [0.15, 0.2) is 0 Å². The van der Waals surface area contributed by atoms with Crippen LogP contribution < -0.4 is 5.32 Å². The van der Waals surface area contributed by atoms with Crippen molar-refractivity contribution in [3.05, 3.63) is 0 Å². The second-order valence-corrected chi connectivity index (χ2v) is 8.45. The van der Waals surface area contributed by atoms with Gasteiger partial charge in [-0.3, -0.25) is 4.90 Å². The van der Waals surface area contributed by atoms with Gasteiger partial charge in [0.15, 0.2) is 0 Å². The fourth-order valence-corrected chi connectivity index (χ4v) is 3.31. The van der Waals surface area contributed by atoms with Gasteiger partial charge in [-0.05, 0) is 49.5 Å². The Morgan fingerprint density at radius 2 is 1.89 bits per heavy atom. The first-order chi connectivity index (χ1) is 8.85. The first kappa shape index (κ1) is 15.3. The molecule has 2 aliphatic rings. The Bertz CT molecular complexity index is 275. The molecule has 1 aliphatic heterocycles. The Kier molecular flexibility index (Phi) is 4.94. The van der Waals surface area contributed by atoms with Gasteiger partial charge in [-0.15, -0.1) is 0 Å². The predicted octanol–water partition coefficient (Wildman–Crippen LogP) is 3.52. The molecule has 2 nitrogen and oxygen atoms in total. The van der Waals surface area contributed by atoms with Gasteiger partial charge in [-0.2, -0.15) is 0 Å². The van der Waals surface area contributed by atoms with Gasteiger partial charge in [0.25, 0.3) is 0 Å². The zero-order chi connectivity index (χ0) is 14.0. The average molecular weight is 266 g/mol. The molecule has 0 amide bonds. The Morgan fingerprint density at radius 3 is 2.42 bits per heavy atom. The third-order valence-electron chi connectivity index (χ3n) is 4.61. The lowest BCUT2D eigenvalue weighted by Crippen LogP contribution is -2.57. The van der Waals surface area contributed by atoms with Gasteiger partial charge in [-0.25, -0.2) is 0 Å². The Labute approximate surface area is 120 Å². The van der Waals surface area contributed by atoms with E-state index in [2.05, 4.69) is 44.8 Å². The topological polar surface area (TPSA) is 15.3 Å². The van der Waals surface area contributed by atoms with E-state index in [0.29, 0.717) is 5.41 Å². The first-order valence-corrected chi connectivity index (χ1v) is 8.32. The van der Waals surface area contributed by atoms with Crippen LogP contribution in [0.1, 0.15) is 60.3 Å². The van der Waals surface area contributed by atoms with E-state index >= 15 is 0 Å².